The Labute approximate surface area is 214 Å². The highest BCUT2D eigenvalue weighted by atomic mass is 32.1. The van der Waals surface area contributed by atoms with Gasteiger partial charge in [0.2, 0.25) is 5.78 Å². The second kappa shape index (κ2) is 11.1. The van der Waals surface area contributed by atoms with Crippen molar-refractivity contribution in [1.82, 2.24) is 14.8 Å². The SMILES string of the molecule is CCN(CC)CCCN1C(=O)C(O)=C(C(=O)c2sc(-c3ccccc3)nc2C)C1c1ccc(F)cc1. The van der Waals surface area contributed by atoms with Gasteiger partial charge in [0.1, 0.15) is 10.8 Å². The normalized spacial score (nSPS) is 15.9. The molecule has 1 unspecified atom stereocenters. The van der Waals surface area contributed by atoms with Crippen LogP contribution in [0.2, 0.25) is 0 Å². The average Bonchev–Trinajstić information content (AvgIpc) is 3.40. The van der Waals surface area contributed by atoms with E-state index in [1.807, 2.05) is 30.3 Å². The number of halogens is 1. The van der Waals surface area contributed by atoms with Crippen molar-refractivity contribution in [3.8, 4) is 10.6 Å². The number of thiazole rings is 1. The van der Waals surface area contributed by atoms with Crippen LogP contribution < -0.4 is 0 Å². The standard InChI is InChI=1S/C28H30FN3O3S/c1-4-31(5-2)16-9-17-32-23(19-12-14-21(29)15-13-19)22(25(34)28(32)35)24(33)26-18(3)30-27(36-26)20-10-7-6-8-11-20/h6-8,10-15,23,34H,4-5,9,16-17H2,1-3H3. The van der Waals surface area contributed by atoms with Gasteiger partial charge in [-0.1, -0.05) is 56.3 Å². The lowest BCUT2D eigenvalue weighted by Crippen LogP contribution is -2.34. The Balaban J connectivity index is 1.69. The van der Waals surface area contributed by atoms with E-state index in [9.17, 15) is 19.1 Å². The first-order valence-corrected chi connectivity index (χ1v) is 13.0. The van der Waals surface area contributed by atoms with Crippen LogP contribution in [0.1, 0.15) is 47.2 Å². The van der Waals surface area contributed by atoms with Crippen LogP contribution in [-0.2, 0) is 4.79 Å². The van der Waals surface area contributed by atoms with Gasteiger partial charge < -0.3 is 14.9 Å². The first kappa shape index (κ1) is 25.7. The summed E-state index contributed by atoms with van der Waals surface area (Å²) in [5.41, 5.74) is 2.01. The Morgan fingerprint density at radius 2 is 1.78 bits per heavy atom. The number of rotatable bonds is 10. The van der Waals surface area contributed by atoms with Crippen LogP contribution in [0.5, 0.6) is 0 Å². The summed E-state index contributed by atoms with van der Waals surface area (Å²) in [6.45, 7) is 8.84. The number of carbonyl (C=O) groups excluding carboxylic acids is 2. The molecule has 6 nitrogen and oxygen atoms in total. The zero-order valence-corrected chi connectivity index (χ0v) is 21.5. The third-order valence-electron chi connectivity index (χ3n) is 6.53. The van der Waals surface area contributed by atoms with E-state index in [0.29, 0.717) is 34.1 Å². The Hall–Kier alpha value is -3.36. The van der Waals surface area contributed by atoms with Crippen molar-refractivity contribution in [3.63, 3.8) is 0 Å². The summed E-state index contributed by atoms with van der Waals surface area (Å²) < 4.78 is 13.7. The van der Waals surface area contributed by atoms with Gasteiger partial charge in [0.15, 0.2) is 5.76 Å². The third-order valence-corrected chi connectivity index (χ3v) is 7.73. The molecule has 2 aromatic carbocycles. The fraction of sp³-hybridized carbons (Fsp3) is 0.321. The number of ketones is 1. The predicted molar refractivity (Wildman–Crippen MR) is 140 cm³/mol. The molecular weight excluding hydrogens is 477 g/mol. The number of aliphatic hydroxyl groups excluding tert-OH is 1. The molecule has 0 aliphatic carbocycles. The second-order valence-corrected chi connectivity index (χ2v) is 9.72. The molecule has 1 amide bonds. The van der Waals surface area contributed by atoms with E-state index in [2.05, 4.69) is 23.7 Å². The van der Waals surface area contributed by atoms with Gasteiger partial charge in [-0.3, -0.25) is 9.59 Å². The molecule has 0 fully saturated rings. The van der Waals surface area contributed by atoms with Crippen LogP contribution >= 0.6 is 11.3 Å². The number of aromatic nitrogens is 1. The molecule has 1 aliphatic rings. The van der Waals surface area contributed by atoms with Crippen LogP contribution in [0.25, 0.3) is 10.6 Å². The first-order chi connectivity index (χ1) is 17.3. The summed E-state index contributed by atoms with van der Waals surface area (Å²) in [6.07, 6.45) is 0.678. The molecule has 0 radical (unpaired) electrons. The third kappa shape index (κ3) is 5.10. The fourth-order valence-corrected chi connectivity index (χ4v) is 5.57. The topological polar surface area (TPSA) is 73.7 Å². The average molecular weight is 508 g/mol. The minimum absolute atomic E-state index is 0.0146. The lowest BCUT2D eigenvalue weighted by molar-refractivity contribution is -0.129. The summed E-state index contributed by atoms with van der Waals surface area (Å²) in [4.78, 5) is 35.7. The smallest absolute Gasteiger partial charge is 0.290 e. The molecule has 188 valence electrons. The van der Waals surface area contributed by atoms with Crippen molar-refractivity contribution in [2.45, 2.75) is 33.2 Å². The zero-order valence-electron chi connectivity index (χ0n) is 20.7. The fourth-order valence-electron chi connectivity index (χ4n) is 4.55. The maximum absolute atomic E-state index is 13.8. The number of carbonyl (C=O) groups is 2. The molecule has 8 heteroatoms. The molecule has 36 heavy (non-hydrogen) atoms. The van der Waals surface area contributed by atoms with Crippen molar-refractivity contribution in [1.29, 1.82) is 0 Å². The Kier molecular flexibility index (Phi) is 7.96. The van der Waals surface area contributed by atoms with Crippen LogP contribution in [0.15, 0.2) is 65.9 Å². The summed E-state index contributed by atoms with van der Waals surface area (Å²) in [5, 5.41) is 11.6. The maximum Gasteiger partial charge on any atom is 0.290 e. The highest BCUT2D eigenvalue weighted by Gasteiger charge is 2.44. The number of aliphatic hydroxyl groups is 1. The quantitative estimate of drug-likeness (QED) is 0.363. The first-order valence-electron chi connectivity index (χ1n) is 12.1. The Morgan fingerprint density at radius 3 is 2.42 bits per heavy atom. The van der Waals surface area contributed by atoms with Gasteiger partial charge in [0.05, 0.1) is 22.2 Å². The number of aryl methyl sites for hydroxylation is 1. The minimum Gasteiger partial charge on any atom is -0.503 e. The van der Waals surface area contributed by atoms with E-state index < -0.39 is 29.3 Å². The van der Waals surface area contributed by atoms with Crippen LogP contribution in [0.4, 0.5) is 4.39 Å². The molecule has 0 spiro atoms. The van der Waals surface area contributed by atoms with E-state index in [1.54, 1.807) is 19.1 Å². The number of Topliss-reactive ketones (excluding diaryl/α,β-unsaturated/α-hetero) is 1. The highest BCUT2D eigenvalue weighted by molar-refractivity contribution is 7.17. The van der Waals surface area contributed by atoms with Gasteiger partial charge in [0, 0.05) is 12.1 Å². The summed E-state index contributed by atoms with van der Waals surface area (Å²) >= 11 is 1.24. The van der Waals surface area contributed by atoms with E-state index in [-0.39, 0.29) is 5.57 Å². The number of hydrogen-bond acceptors (Lipinski definition) is 6. The largest absolute Gasteiger partial charge is 0.503 e. The van der Waals surface area contributed by atoms with Crippen LogP contribution in [0, 0.1) is 12.7 Å². The van der Waals surface area contributed by atoms with E-state index in [4.69, 9.17) is 0 Å². The summed E-state index contributed by atoms with van der Waals surface area (Å²) in [5.74, 6) is -1.98. The van der Waals surface area contributed by atoms with E-state index in [0.717, 1.165) is 25.2 Å². The van der Waals surface area contributed by atoms with Crippen molar-refractivity contribution in [2.24, 2.45) is 0 Å². The maximum atomic E-state index is 13.8. The van der Waals surface area contributed by atoms with Gasteiger partial charge in [-0.2, -0.15) is 0 Å². The highest BCUT2D eigenvalue weighted by Crippen LogP contribution is 2.41. The molecule has 1 aliphatic heterocycles. The van der Waals surface area contributed by atoms with Gasteiger partial charge in [-0.05, 0) is 50.7 Å². The van der Waals surface area contributed by atoms with Gasteiger partial charge in [-0.15, -0.1) is 11.3 Å². The molecular formula is C28H30FN3O3S. The monoisotopic (exact) mass is 507 g/mol. The van der Waals surface area contributed by atoms with Crippen molar-refractivity contribution >= 4 is 23.0 Å². The van der Waals surface area contributed by atoms with Gasteiger partial charge >= 0.3 is 0 Å². The van der Waals surface area contributed by atoms with Crippen molar-refractivity contribution in [3.05, 3.63) is 87.9 Å². The molecule has 2 heterocycles. The molecule has 0 bridgehead atoms. The number of benzene rings is 2. The predicted octanol–water partition coefficient (Wildman–Crippen LogP) is 5.57. The second-order valence-electron chi connectivity index (χ2n) is 8.72. The van der Waals surface area contributed by atoms with Gasteiger partial charge in [-0.25, -0.2) is 9.37 Å². The lowest BCUT2D eigenvalue weighted by Gasteiger charge is -2.28. The number of nitrogens with zero attached hydrogens (tertiary/aromatic N) is 3. The van der Waals surface area contributed by atoms with E-state index in [1.165, 1.54) is 28.4 Å². The van der Waals surface area contributed by atoms with Gasteiger partial charge in [0.25, 0.3) is 5.91 Å². The molecule has 1 N–H and O–H groups in total. The molecule has 0 saturated heterocycles. The van der Waals surface area contributed by atoms with Crippen molar-refractivity contribution < 1.29 is 19.1 Å². The van der Waals surface area contributed by atoms with Crippen LogP contribution in [-0.4, -0.2) is 57.8 Å². The zero-order chi connectivity index (χ0) is 25.8. The number of hydrogen-bond donors (Lipinski definition) is 1. The van der Waals surface area contributed by atoms with Crippen LogP contribution in [0.3, 0.4) is 0 Å². The number of amides is 1. The molecule has 0 saturated carbocycles. The molecule has 1 aromatic heterocycles. The Bertz CT molecular complexity index is 1270. The molecule has 1 atom stereocenters. The minimum atomic E-state index is -0.802. The van der Waals surface area contributed by atoms with Crippen molar-refractivity contribution in [2.75, 3.05) is 26.2 Å². The summed E-state index contributed by atoms with van der Waals surface area (Å²) in [7, 11) is 0. The van der Waals surface area contributed by atoms with E-state index >= 15 is 0 Å². The molecule has 3 aromatic rings. The summed E-state index contributed by atoms with van der Waals surface area (Å²) in [6, 6.07) is 14.5. The molecule has 4 rings (SSSR count). The lowest BCUT2D eigenvalue weighted by atomic mass is 9.95. The Morgan fingerprint density at radius 1 is 1.11 bits per heavy atom.